The van der Waals surface area contributed by atoms with Gasteiger partial charge in [-0.3, -0.25) is 0 Å². The third-order valence-corrected chi connectivity index (χ3v) is 14.3. The zero-order valence-electron chi connectivity index (χ0n) is 41.6. The Morgan fingerprint density at radius 2 is 0.500 bits per heavy atom. The van der Waals surface area contributed by atoms with Crippen molar-refractivity contribution in [2.45, 2.75) is 83.0 Å². The molecule has 0 aliphatic heterocycles. The van der Waals surface area contributed by atoms with Crippen LogP contribution >= 0.6 is 0 Å². The van der Waals surface area contributed by atoms with Crippen LogP contribution in [0, 0.1) is 5.92 Å². The monoisotopic (exact) mass is 1030 g/mol. The van der Waals surface area contributed by atoms with E-state index in [1.165, 1.54) is 48.5 Å². The molecule has 14 N–H and O–H groups in total. The second kappa shape index (κ2) is 23.4. The summed E-state index contributed by atoms with van der Waals surface area (Å²) in [5, 5.41) is 143. The Labute approximate surface area is 439 Å². The van der Waals surface area contributed by atoms with E-state index in [1.54, 1.807) is 12.1 Å². The van der Waals surface area contributed by atoms with Crippen molar-refractivity contribution in [3.05, 3.63) is 200 Å². The molecule has 0 heterocycles. The molecule has 394 valence electrons. The van der Waals surface area contributed by atoms with Crippen molar-refractivity contribution in [1.29, 1.82) is 0 Å². The highest BCUT2D eigenvalue weighted by Gasteiger charge is 2.26. The first-order chi connectivity index (χ1) is 36.4. The molecule has 0 aliphatic rings. The van der Waals surface area contributed by atoms with Crippen molar-refractivity contribution in [1.82, 2.24) is 0 Å². The minimum atomic E-state index is -0.599. The van der Waals surface area contributed by atoms with E-state index in [0.717, 1.165) is 33.4 Å². The number of rotatable bonds is 21. The molecular formula is C62H62O14. The van der Waals surface area contributed by atoms with E-state index in [4.69, 9.17) is 0 Å². The fourth-order valence-corrected chi connectivity index (χ4v) is 9.97. The average Bonchev–Trinajstić information content (AvgIpc) is 3.39. The Hall–Kier alpha value is -9.04. The smallest absolute Gasteiger partial charge is 0.200 e. The lowest BCUT2D eigenvalue weighted by Crippen LogP contribution is -2.19. The van der Waals surface area contributed by atoms with Crippen LogP contribution in [0.15, 0.2) is 133 Å². The highest BCUT2D eigenvalue weighted by atomic mass is 16.3. The molecule has 2 atom stereocenters. The molecule has 8 aromatic carbocycles. The molecule has 8 aromatic rings. The summed E-state index contributed by atoms with van der Waals surface area (Å²) < 4.78 is 0. The van der Waals surface area contributed by atoms with Gasteiger partial charge in [0.1, 0.15) is 11.5 Å². The highest BCUT2D eigenvalue weighted by molar-refractivity contribution is 5.54. The molecular weight excluding hydrogens is 969 g/mol. The maximum Gasteiger partial charge on any atom is 0.200 e. The zero-order valence-corrected chi connectivity index (χ0v) is 41.6. The van der Waals surface area contributed by atoms with Crippen LogP contribution in [0.4, 0.5) is 0 Å². The molecule has 0 saturated heterocycles. The molecule has 0 amide bonds. The predicted octanol–water partition coefficient (Wildman–Crippen LogP) is 10.5. The normalized spacial score (nSPS) is 12.2. The SMILES string of the molecule is Oc1cc(C[C@H](CCc2ccc(CCc3cc(O)c(O)c(O)c3)cc2)[C@H](Cc2ccc(CCc3cc(O)c(O)c(O)c3)c(O)c2)c2ccc(CCc3cc(O)c(O)c(O)c3)cc2)ccc1CCc1cc(O)c(O)c(O)c1. The number of hydrogen-bond donors (Lipinski definition) is 14. The van der Waals surface area contributed by atoms with Gasteiger partial charge in [0.15, 0.2) is 69.0 Å². The molecule has 76 heavy (non-hydrogen) atoms. The molecule has 0 aliphatic carbocycles. The van der Waals surface area contributed by atoms with Gasteiger partial charge in [0, 0.05) is 0 Å². The molecule has 0 bridgehead atoms. The maximum atomic E-state index is 11.5. The Morgan fingerprint density at radius 1 is 0.237 bits per heavy atom. The lowest BCUT2D eigenvalue weighted by molar-refractivity contribution is 0.367. The molecule has 0 radical (unpaired) electrons. The van der Waals surface area contributed by atoms with E-state index in [-0.39, 0.29) is 34.8 Å². The first kappa shape index (κ1) is 53.3. The second-order valence-corrected chi connectivity index (χ2v) is 19.7. The van der Waals surface area contributed by atoms with Crippen LogP contribution in [-0.4, -0.2) is 71.5 Å². The van der Waals surface area contributed by atoms with E-state index in [0.29, 0.717) is 110 Å². The number of phenols is 14. The van der Waals surface area contributed by atoms with Gasteiger partial charge in [-0.05, 0) is 216 Å². The van der Waals surface area contributed by atoms with Gasteiger partial charge in [-0.15, -0.1) is 0 Å². The van der Waals surface area contributed by atoms with Crippen LogP contribution in [0.2, 0.25) is 0 Å². The fraction of sp³-hybridized carbons (Fsp3) is 0.226. The van der Waals surface area contributed by atoms with Crippen LogP contribution in [-0.2, 0) is 70.6 Å². The van der Waals surface area contributed by atoms with E-state index in [9.17, 15) is 71.5 Å². The Balaban J connectivity index is 1.08. The van der Waals surface area contributed by atoms with E-state index in [2.05, 4.69) is 36.4 Å². The van der Waals surface area contributed by atoms with Gasteiger partial charge >= 0.3 is 0 Å². The number of phenolic OH excluding ortho intramolecular Hbond substituents is 14. The molecule has 0 fully saturated rings. The minimum absolute atomic E-state index is 0.0480. The summed E-state index contributed by atoms with van der Waals surface area (Å²) in [5.74, 6) is -5.66. The largest absolute Gasteiger partial charge is 0.508 e. The first-order valence-corrected chi connectivity index (χ1v) is 25.1. The second-order valence-electron chi connectivity index (χ2n) is 19.7. The van der Waals surface area contributed by atoms with Crippen LogP contribution in [0.5, 0.6) is 80.5 Å². The van der Waals surface area contributed by atoms with Crippen molar-refractivity contribution in [3.63, 3.8) is 0 Å². The number of hydrogen-bond acceptors (Lipinski definition) is 14. The molecule has 0 spiro atoms. The van der Waals surface area contributed by atoms with Crippen LogP contribution < -0.4 is 0 Å². The zero-order chi connectivity index (χ0) is 54.2. The van der Waals surface area contributed by atoms with E-state index >= 15 is 0 Å². The van der Waals surface area contributed by atoms with Gasteiger partial charge in [0.2, 0.25) is 0 Å². The summed E-state index contributed by atoms with van der Waals surface area (Å²) >= 11 is 0. The summed E-state index contributed by atoms with van der Waals surface area (Å²) in [6.45, 7) is 0. The van der Waals surface area contributed by atoms with Gasteiger partial charge in [-0.2, -0.15) is 0 Å². The van der Waals surface area contributed by atoms with E-state index < -0.39 is 57.5 Å². The van der Waals surface area contributed by atoms with Gasteiger partial charge in [-0.1, -0.05) is 72.8 Å². The third kappa shape index (κ3) is 13.2. The quantitative estimate of drug-likeness (QED) is 0.0298. The summed E-state index contributed by atoms with van der Waals surface area (Å²) in [6, 6.07) is 39.0. The summed E-state index contributed by atoms with van der Waals surface area (Å²) in [4.78, 5) is 0. The van der Waals surface area contributed by atoms with Crippen LogP contribution in [0.3, 0.4) is 0 Å². The molecule has 14 nitrogen and oxygen atoms in total. The van der Waals surface area contributed by atoms with Crippen molar-refractivity contribution >= 4 is 0 Å². The Kier molecular flexibility index (Phi) is 16.4. The van der Waals surface area contributed by atoms with Gasteiger partial charge in [0.25, 0.3) is 0 Å². The molecule has 0 unspecified atom stereocenters. The van der Waals surface area contributed by atoms with Crippen molar-refractivity contribution in [3.8, 4) is 80.5 Å². The average molecular weight is 1030 g/mol. The summed E-state index contributed by atoms with van der Waals surface area (Å²) in [6.07, 6.45) is 6.17. The molecule has 0 saturated carbocycles. The standard InChI is InChI=1S/C62H62O14/c63-49-25-38(12-18-45(49)20-14-42-31-55(69)61(75)56(70)32-42)23-47(22-11-36-3-1-35(2-4-36)5-7-40-27-51(65)59(73)52(66)28-40)48(44-16-9-37(10-17-44)6-8-41-29-53(67)60(74)54(68)30-41)24-39-13-19-46(50(64)26-39)21-15-43-33-57(71)62(76)58(72)34-43/h1-4,9-10,12-13,16-19,25-34,47-48,63-76H,5-8,11,14-15,20-24H2/t47-,48+/m0/s1. The Bertz CT molecular complexity index is 3240. The predicted molar refractivity (Wildman–Crippen MR) is 286 cm³/mol. The van der Waals surface area contributed by atoms with E-state index in [1.807, 2.05) is 36.4 Å². The molecule has 14 heteroatoms. The topological polar surface area (TPSA) is 283 Å². The summed E-state index contributed by atoms with van der Waals surface area (Å²) in [5.41, 5.74) is 9.72. The number of aryl methyl sites for hydroxylation is 9. The van der Waals surface area contributed by atoms with Crippen LogP contribution in [0.1, 0.15) is 79.1 Å². The lowest BCUT2D eigenvalue weighted by atomic mass is 9.75. The van der Waals surface area contributed by atoms with Crippen molar-refractivity contribution in [2.24, 2.45) is 5.92 Å². The third-order valence-electron chi connectivity index (χ3n) is 14.3. The Morgan fingerprint density at radius 3 is 0.842 bits per heavy atom. The summed E-state index contributed by atoms with van der Waals surface area (Å²) in [7, 11) is 0. The highest BCUT2D eigenvalue weighted by Crippen LogP contribution is 2.41. The van der Waals surface area contributed by atoms with Crippen LogP contribution in [0.25, 0.3) is 0 Å². The van der Waals surface area contributed by atoms with Gasteiger partial charge in [-0.25, -0.2) is 0 Å². The van der Waals surface area contributed by atoms with Crippen molar-refractivity contribution in [2.75, 3.05) is 0 Å². The maximum absolute atomic E-state index is 11.5. The number of benzene rings is 8. The molecule has 8 rings (SSSR count). The first-order valence-electron chi connectivity index (χ1n) is 25.1. The lowest BCUT2D eigenvalue weighted by Gasteiger charge is -2.29. The minimum Gasteiger partial charge on any atom is -0.508 e. The fourth-order valence-electron chi connectivity index (χ4n) is 9.97. The molecule has 0 aromatic heterocycles. The van der Waals surface area contributed by atoms with Gasteiger partial charge in [0.05, 0.1) is 0 Å². The van der Waals surface area contributed by atoms with Gasteiger partial charge < -0.3 is 71.5 Å². The van der Waals surface area contributed by atoms with Crippen molar-refractivity contribution < 1.29 is 71.5 Å². The number of aromatic hydroxyl groups is 14.